The van der Waals surface area contributed by atoms with Crippen LogP contribution in [-0.4, -0.2) is 22.8 Å². The summed E-state index contributed by atoms with van der Waals surface area (Å²) in [6.07, 6.45) is 15.8. The maximum atomic E-state index is 11.9. The van der Waals surface area contributed by atoms with Crippen LogP contribution < -0.4 is 0 Å². The zero-order chi connectivity index (χ0) is 17.2. The Morgan fingerprint density at radius 3 is 2.58 bits per heavy atom. The number of ether oxygens (including phenoxy) is 1. The number of carboxylic acid groups (broad SMARTS) is 1. The van der Waals surface area contributed by atoms with Gasteiger partial charge in [0.2, 0.25) is 0 Å². The van der Waals surface area contributed by atoms with Crippen molar-refractivity contribution in [3.8, 4) is 0 Å². The average molecular weight is 354 g/mol. The van der Waals surface area contributed by atoms with Crippen molar-refractivity contribution >= 4 is 5.97 Å². The van der Waals surface area contributed by atoms with Crippen LogP contribution >= 0.6 is 0 Å². The van der Waals surface area contributed by atoms with Gasteiger partial charge in [0.05, 0.1) is 17.6 Å². The smallest absolute Gasteiger partial charge is 0.306 e. The van der Waals surface area contributed by atoms with E-state index in [4.69, 9.17) is 4.74 Å². The second-order valence-electron chi connectivity index (χ2n) is 10.8. The normalized spacial score (nSPS) is 61.4. The molecule has 6 fully saturated rings. The molecule has 140 valence electrons. The van der Waals surface area contributed by atoms with Gasteiger partial charge in [-0.15, -0.1) is 0 Å². The predicted molar refractivity (Wildman–Crippen MR) is 96.2 cm³/mol. The Morgan fingerprint density at radius 2 is 1.77 bits per heavy atom. The van der Waals surface area contributed by atoms with Gasteiger partial charge in [-0.25, -0.2) is 0 Å². The number of aliphatic carboxylic acids is 1. The number of carbonyl (C=O) groups is 1. The zero-order valence-electron chi connectivity index (χ0n) is 15.4. The Labute approximate surface area is 155 Å². The Morgan fingerprint density at radius 1 is 0.962 bits per heavy atom. The minimum absolute atomic E-state index is 0.0832. The van der Waals surface area contributed by atoms with E-state index in [2.05, 4.69) is 12.2 Å². The molecule has 0 aromatic heterocycles. The van der Waals surface area contributed by atoms with Crippen molar-refractivity contribution in [3.05, 3.63) is 12.2 Å². The van der Waals surface area contributed by atoms with Crippen molar-refractivity contribution in [3.63, 3.8) is 0 Å². The van der Waals surface area contributed by atoms with Crippen LogP contribution in [0.5, 0.6) is 0 Å². The van der Waals surface area contributed by atoms with Gasteiger partial charge in [-0.3, -0.25) is 4.79 Å². The fourth-order valence-corrected chi connectivity index (χ4v) is 9.98. The maximum Gasteiger partial charge on any atom is 0.306 e. The number of allylic oxidation sites excluding steroid dienone is 2. The van der Waals surface area contributed by atoms with E-state index in [1.165, 1.54) is 44.9 Å². The molecule has 6 bridgehead atoms. The first-order valence-corrected chi connectivity index (χ1v) is 11.3. The van der Waals surface area contributed by atoms with Gasteiger partial charge in [0, 0.05) is 5.92 Å². The maximum absolute atomic E-state index is 11.9. The van der Waals surface area contributed by atoms with Crippen LogP contribution in [-0.2, 0) is 9.53 Å². The van der Waals surface area contributed by atoms with Gasteiger partial charge in [0.1, 0.15) is 0 Å². The lowest BCUT2D eigenvalue weighted by Crippen LogP contribution is -2.57. The molecule has 2 heterocycles. The summed E-state index contributed by atoms with van der Waals surface area (Å²) in [4.78, 5) is 11.9. The topological polar surface area (TPSA) is 46.5 Å². The summed E-state index contributed by atoms with van der Waals surface area (Å²) in [5, 5.41) is 9.78. The fraction of sp³-hybridized carbons (Fsp3) is 0.870. The van der Waals surface area contributed by atoms with Gasteiger partial charge in [0.25, 0.3) is 0 Å². The van der Waals surface area contributed by atoms with E-state index in [1.54, 1.807) is 0 Å². The van der Waals surface area contributed by atoms with Crippen molar-refractivity contribution in [2.45, 2.75) is 63.1 Å². The minimum Gasteiger partial charge on any atom is -0.481 e. The molecule has 2 aliphatic heterocycles. The Balaban J connectivity index is 1.36. The number of fused-ring (bicyclic) bond motifs is 16. The largest absolute Gasteiger partial charge is 0.481 e. The van der Waals surface area contributed by atoms with Crippen molar-refractivity contribution < 1.29 is 14.6 Å². The first-order chi connectivity index (χ1) is 12.7. The molecule has 11 unspecified atom stereocenters. The van der Waals surface area contributed by atoms with Crippen LogP contribution in [0.2, 0.25) is 0 Å². The van der Waals surface area contributed by atoms with E-state index in [1.807, 2.05) is 0 Å². The summed E-state index contributed by atoms with van der Waals surface area (Å²) in [7, 11) is 0. The van der Waals surface area contributed by atoms with Gasteiger partial charge in [-0.05, 0) is 79.4 Å². The van der Waals surface area contributed by atoms with Crippen LogP contribution in [0, 0.1) is 59.2 Å². The summed E-state index contributed by atoms with van der Waals surface area (Å²) in [5.74, 6) is 5.36. The van der Waals surface area contributed by atoms with Crippen molar-refractivity contribution in [1.82, 2.24) is 0 Å². The highest BCUT2D eigenvalue weighted by atomic mass is 16.5. The first-order valence-electron chi connectivity index (χ1n) is 11.3. The molecule has 0 amide bonds. The van der Waals surface area contributed by atoms with E-state index in [0.717, 1.165) is 30.1 Å². The molecular formula is C23H30O3. The van der Waals surface area contributed by atoms with Gasteiger partial charge in [-0.2, -0.15) is 0 Å². The summed E-state index contributed by atoms with van der Waals surface area (Å²) in [6, 6.07) is 0. The molecule has 3 nitrogen and oxygen atoms in total. The molecule has 2 saturated heterocycles. The third-order valence-corrected chi connectivity index (χ3v) is 10.3. The van der Waals surface area contributed by atoms with Crippen molar-refractivity contribution in [1.29, 1.82) is 0 Å². The lowest BCUT2D eigenvalue weighted by atomic mass is 9.50. The first kappa shape index (κ1) is 15.1. The van der Waals surface area contributed by atoms with Crippen LogP contribution in [0.4, 0.5) is 0 Å². The van der Waals surface area contributed by atoms with E-state index in [0.29, 0.717) is 35.7 Å². The number of hydrogen-bond acceptors (Lipinski definition) is 2. The molecule has 0 spiro atoms. The predicted octanol–water partition coefficient (Wildman–Crippen LogP) is 4.13. The summed E-state index contributed by atoms with van der Waals surface area (Å²) >= 11 is 0. The highest BCUT2D eigenvalue weighted by Gasteiger charge is 2.80. The average Bonchev–Trinajstić information content (AvgIpc) is 3.47. The molecule has 11 atom stereocenters. The third-order valence-electron chi connectivity index (χ3n) is 10.3. The summed E-state index contributed by atoms with van der Waals surface area (Å²) < 4.78 is 7.19. The highest BCUT2D eigenvalue weighted by Crippen LogP contribution is 2.77. The number of rotatable bonds is 2. The second kappa shape index (κ2) is 4.77. The molecule has 0 aromatic carbocycles. The molecule has 7 aliphatic rings. The fourth-order valence-electron chi connectivity index (χ4n) is 9.98. The molecule has 5 aliphatic carbocycles. The Bertz CT molecular complexity index is 694. The van der Waals surface area contributed by atoms with Crippen molar-refractivity contribution in [2.24, 2.45) is 59.2 Å². The monoisotopic (exact) mass is 354 g/mol. The summed E-state index contributed by atoms with van der Waals surface area (Å²) in [5.41, 5.74) is 0.119. The Kier molecular flexibility index (Phi) is 2.78. The summed E-state index contributed by atoms with van der Waals surface area (Å²) in [6.45, 7) is 0. The molecule has 4 saturated carbocycles. The van der Waals surface area contributed by atoms with E-state index in [-0.39, 0.29) is 11.5 Å². The molecule has 0 aromatic rings. The van der Waals surface area contributed by atoms with E-state index in [9.17, 15) is 9.90 Å². The second-order valence-corrected chi connectivity index (χ2v) is 10.8. The SMILES string of the molecule is O=C(O)C1CC2CC1C1C3OC(C4CCCCC4)(C4C5C=CC(C5)C34)C21. The van der Waals surface area contributed by atoms with Gasteiger partial charge >= 0.3 is 5.97 Å². The highest BCUT2D eigenvalue weighted by molar-refractivity contribution is 5.71. The minimum atomic E-state index is -0.533. The third kappa shape index (κ3) is 1.50. The van der Waals surface area contributed by atoms with Gasteiger partial charge in [-0.1, -0.05) is 31.4 Å². The van der Waals surface area contributed by atoms with E-state index < -0.39 is 5.97 Å². The lowest BCUT2D eigenvalue weighted by molar-refractivity contribution is -0.146. The van der Waals surface area contributed by atoms with Crippen LogP contribution in [0.25, 0.3) is 0 Å². The molecule has 26 heavy (non-hydrogen) atoms. The Hall–Kier alpha value is -0.830. The molecule has 7 rings (SSSR count). The molecular weight excluding hydrogens is 324 g/mol. The quantitative estimate of drug-likeness (QED) is 0.759. The van der Waals surface area contributed by atoms with Gasteiger partial charge in [0.15, 0.2) is 0 Å². The van der Waals surface area contributed by atoms with Crippen LogP contribution in [0.1, 0.15) is 51.4 Å². The standard InChI is InChI=1S/C23H30O3/c24-22(25)16-10-13-9-15(16)18-20(13)23(14-4-2-1-3-5-14)19-12-7-6-11(8-12)17(19)21(18)26-23/h6-7,11-21H,1-5,8-10H2,(H,24,25). The molecule has 0 radical (unpaired) electrons. The molecule has 3 heteroatoms. The van der Waals surface area contributed by atoms with Crippen LogP contribution in [0.15, 0.2) is 12.2 Å². The molecule has 1 N–H and O–H groups in total. The van der Waals surface area contributed by atoms with Crippen LogP contribution in [0.3, 0.4) is 0 Å². The lowest BCUT2D eigenvalue weighted by Gasteiger charge is -2.52. The van der Waals surface area contributed by atoms with E-state index >= 15 is 0 Å². The number of hydrogen-bond donors (Lipinski definition) is 1. The van der Waals surface area contributed by atoms with Gasteiger partial charge < -0.3 is 9.84 Å². The van der Waals surface area contributed by atoms with Crippen molar-refractivity contribution in [2.75, 3.05) is 0 Å². The zero-order valence-corrected chi connectivity index (χ0v) is 15.4. The number of carboxylic acids is 1.